The Morgan fingerprint density at radius 2 is 1.60 bits per heavy atom. The second kappa shape index (κ2) is 7.45. The average Bonchev–Trinajstić information content (AvgIpc) is 3.10. The van der Waals surface area contributed by atoms with E-state index in [1.54, 1.807) is 0 Å². The molecule has 4 nitrogen and oxygen atoms in total. The van der Waals surface area contributed by atoms with E-state index >= 15 is 0 Å². The summed E-state index contributed by atoms with van der Waals surface area (Å²) in [5.41, 5.74) is 7.85. The van der Waals surface area contributed by atoms with Crippen molar-refractivity contribution in [2.75, 3.05) is 5.32 Å². The van der Waals surface area contributed by atoms with E-state index in [-0.39, 0.29) is 11.3 Å². The molecule has 0 bridgehead atoms. The van der Waals surface area contributed by atoms with Crippen molar-refractivity contribution in [1.82, 2.24) is 9.97 Å². The lowest BCUT2D eigenvalue weighted by Gasteiger charge is -2.19. The molecule has 0 radical (unpaired) electrons. The van der Waals surface area contributed by atoms with E-state index in [0.29, 0.717) is 5.56 Å². The van der Waals surface area contributed by atoms with Gasteiger partial charge in [0.2, 0.25) is 0 Å². The normalized spacial score (nSPS) is 11.6. The standard InChI is InChI=1S/C26H27N3O/c1-16-7-6-8-17(2)23(16)24-28-21-14-9-18(15-22(21)29-24)25(30)27-20-12-10-19(11-13-20)26(3,4)5/h6-15H,1-5H3,(H,27,30)(H,28,29). The van der Waals surface area contributed by atoms with Crippen molar-refractivity contribution in [3.8, 4) is 11.4 Å². The number of fused-ring (bicyclic) bond motifs is 1. The van der Waals surface area contributed by atoms with E-state index in [1.165, 1.54) is 16.7 Å². The van der Waals surface area contributed by atoms with Gasteiger partial charge in [-0.2, -0.15) is 0 Å². The Balaban J connectivity index is 1.60. The number of carbonyl (C=O) groups excluding carboxylic acids is 1. The molecule has 0 saturated heterocycles. The molecule has 0 aliphatic carbocycles. The number of benzene rings is 3. The molecule has 4 rings (SSSR count). The van der Waals surface area contributed by atoms with Crippen LogP contribution in [0.3, 0.4) is 0 Å². The summed E-state index contributed by atoms with van der Waals surface area (Å²) in [5.74, 6) is 0.694. The van der Waals surface area contributed by atoms with E-state index in [1.807, 2.05) is 36.4 Å². The molecule has 30 heavy (non-hydrogen) atoms. The number of aromatic amines is 1. The number of nitrogens with one attached hydrogen (secondary N) is 2. The zero-order chi connectivity index (χ0) is 21.5. The Morgan fingerprint density at radius 1 is 0.933 bits per heavy atom. The molecule has 0 spiro atoms. The lowest BCUT2D eigenvalue weighted by Crippen LogP contribution is -2.13. The zero-order valence-electron chi connectivity index (χ0n) is 18.1. The molecule has 2 N–H and O–H groups in total. The molecule has 0 aliphatic rings. The molecule has 4 heteroatoms. The van der Waals surface area contributed by atoms with Crippen LogP contribution >= 0.6 is 0 Å². The Bertz CT molecular complexity index is 1210. The number of imidazole rings is 1. The van der Waals surface area contributed by atoms with Crippen LogP contribution in [0.2, 0.25) is 0 Å². The van der Waals surface area contributed by atoms with Crippen LogP contribution < -0.4 is 5.32 Å². The second-order valence-electron chi connectivity index (χ2n) is 8.87. The van der Waals surface area contributed by atoms with Crippen LogP contribution in [0.25, 0.3) is 22.4 Å². The van der Waals surface area contributed by atoms with E-state index in [9.17, 15) is 4.79 Å². The first kappa shape index (κ1) is 19.9. The number of H-pyrrole nitrogens is 1. The SMILES string of the molecule is Cc1cccc(C)c1-c1nc2ccc(C(=O)Nc3ccc(C(C)(C)C)cc3)cc2[nH]1. The third kappa shape index (κ3) is 3.86. The third-order valence-electron chi connectivity index (χ3n) is 5.47. The summed E-state index contributed by atoms with van der Waals surface area (Å²) >= 11 is 0. The number of anilines is 1. The van der Waals surface area contributed by atoms with Crippen LogP contribution in [0.4, 0.5) is 5.69 Å². The summed E-state index contributed by atoms with van der Waals surface area (Å²) in [6.07, 6.45) is 0. The van der Waals surface area contributed by atoms with Crippen molar-refractivity contribution in [2.45, 2.75) is 40.0 Å². The highest BCUT2D eigenvalue weighted by Crippen LogP contribution is 2.27. The maximum atomic E-state index is 12.8. The predicted octanol–water partition coefficient (Wildman–Crippen LogP) is 6.40. The highest BCUT2D eigenvalue weighted by atomic mass is 16.1. The second-order valence-corrected chi connectivity index (χ2v) is 8.87. The van der Waals surface area contributed by atoms with Crippen molar-refractivity contribution < 1.29 is 4.79 Å². The van der Waals surface area contributed by atoms with Gasteiger partial charge in [0.1, 0.15) is 5.82 Å². The lowest BCUT2D eigenvalue weighted by molar-refractivity contribution is 0.102. The average molecular weight is 398 g/mol. The molecule has 0 fully saturated rings. The molecule has 1 heterocycles. The van der Waals surface area contributed by atoms with Crippen LogP contribution in [-0.2, 0) is 5.41 Å². The van der Waals surface area contributed by atoms with E-state index in [4.69, 9.17) is 4.98 Å². The van der Waals surface area contributed by atoms with E-state index in [0.717, 1.165) is 28.1 Å². The van der Waals surface area contributed by atoms with Gasteiger partial charge in [0.05, 0.1) is 11.0 Å². The number of carbonyl (C=O) groups is 1. The number of aromatic nitrogens is 2. The Labute approximate surface area is 177 Å². The first-order valence-electron chi connectivity index (χ1n) is 10.2. The quantitative estimate of drug-likeness (QED) is 0.420. The number of hydrogen-bond donors (Lipinski definition) is 2. The molecule has 3 aromatic carbocycles. The first-order chi connectivity index (χ1) is 14.2. The minimum Gasteiger partial charge on any atom is -0.338 e. The Hall–Kier alpha value is -3.40. The Morgan fingerprint density at radius 3 is 2.23 bits per heavy atom. The van der Waals surface area contributed by atoms with Crippen LogP contribution in [0, 0.1) is 13.8 Å². The summed E-state index contributed by atoms with van der Waals surface area (Å²) in [4.78, 5) is 20.9. The van der Waals surface area contributed by atoms with Gasteiger partial charge >= 0.3 is 0 Å². The van der Waals surface area contributed by atoms with Gasteiger partial charge in [-0.05, 0) is 66.3 Å². The van der Waals surface area contributed by atoms with Crippen molar-refractivity contribution in [2.24, 2.45) is 0 Å². The van der Waals surface area contributed by atoms with Crippen LogP contribution in [-0.4, -0.2) is 15.9 Å². The fraction of sp³-hybridized carbons (Fsp3) is 0.231. The highest BCUT2D eigenvalue weighted by molar-refractivity contribution is 6.06. The molecular weight excluding hydrogens is 370 g/mol. The van der Waals surface area contributed by atoms with Gasteiger partial charge in [0.15, 0.2) is 0 Å². The first-order valence-corrected chi connectivity index (χ1v) is 10.2. The van der Waals surface area contributed by atoms with Gasteiger partial charge in [-0.1, -0.05) is 51.1 Å². The number of rotatable bonds is 3. The highest BCUT2D eigenvalue weighted by Gasteiger charge is 2.15. The zero-order valence-corrected chi connectivity index (χ0v) is 18.1. The van der Waals surface area contributed by atoms with Gasteiger partial charge in [0.25, 0.3) is 5.91 Å². The minimum absolute atomic E-state index is 0.0847. The smallest absolute Gasteiger partial charge is 0.255 e. The maximum absolute atomic E-state index is 12.8. The lowest BCUT2D eigenvalue weighted by atomic mass is 9.87. The molecule has 0 unspecified atom stereocenters. The third-order valence-corrected chi connectivity index (χ3v) is 5.47. The number of nitrogens with zero attached hydrogens (tertiary/aromatic N) is 1. The van der Waals surface area contributed by atoms with Crippen molar-refractivity contribution in [1.29, 1.82) is 0 Å². The van der Waals surface area contributed by atoms with Crippen molar-refractivity contribution >= 4 is 22.6 Å². The van der Waals surface area contributed by atoms with Gasteiger partial charge < -0.3 is 10.3 Å². The summed E-state index contributed by atoms with van der Waals surface area (Å²) in [6, 6.07) is 19.8. The van der Waals surface area contributed by atoms with Gasteiger partial charge in [-0.15, -0.1) is 0 Å². The summed E-state index contributed by atoms with van der Waals surface area (Å²) < 4.78 is 0. The predicted molar refractivity (Wildman–Crippen MR) is 124 cm³/mol. The van der Waals surface area contributed by atoms with Gasteiger partial charge in [0, 0.05) is 16.8 Å². The van der Waals surface area contributed by atoms with E-state index in [2.05, 4.69) is 69.2 Å². The summed E-state index contributed by atoms with van der Waals surface area (Å²) in [6.45, 7) is 10.7. The topological polar surface area (TPSA) is 57.8 Å². The maximum Gasteiger partial charge on any atom is 0.255 e. The van der Waals surface area contributed by atoms with Crippen molar-refractivity contribution in [3.63, 3.8) is 0 Å². The number of aryl methyl sites for hydroxylation is 2. The molecular formula is C26H27N3O. The molecule has 152 valence electrons. The van der Waals surface area contributed by atoms with Crippen LogP contribution in [0.15, 0.2) is 60.7 Å². The molecule has 0 aliphatic heterocycles. The van der Waals surface area contributed by atoms with Crippen molar-refractivity contribution in [3.05, 3.63) is 82.9 Å². The van der Waals surface area contributed by atoms with Crippen LogP contribution in [0.5, 0.6) is 0 Å². The van der Waals surface area contributed by atoms with Gasteiger partial charge in [-0.3, -0.25) is 4.79 Å². The monoisotopic (exact) mass is 397 g/mol. The minimum atomic E-state index is -0.136. The number of amides is 1. The fourth-order valence-electron chi connectivity index (χ4n) is 3.71. The summed E-state index contributed by atoms with van der Waals surface area (Å²) in [7, 11) is 0. The van der Waals surface area contributed by atoms with Crippen LogP contribution in [0.1, 0.15) is 47.8 Å². The molecule has 4 aromatic rings. The van der Waals surface area contributed by atoms with Gasteiger partial charge in [-0.25, -0.2) is 4.98 Å². The largest absolute Gasteiger partial charge is 0.338 e. The Kier molecular flexibility index (Phi) is 4.94. The summed E-state index contributed by atoms with van der Waals surface area (Å²) in [5, 5.41) is 2.99. The molecule has 1 aromatic heterocycles. The molecule has 0 saturated carbocycles. The molecule has 1 amide bonds. The fourth-order valence-corrected chi connectivity index (χ4v) is 3.71. The van der Waals surface area contributed by atoms with E-state index < -0.39 is 0 Å². The molecule has 0 atom stereocenters. The number of hydrogen-bond acceptors (Lipinski definition) is 2.